The average Bonchev–Trinajstić information content (AvgIpc) is 2.89. The van der Waals surface area contributed by atoms with E-state index in [2.05, 4.69) is 34.0 Å². The van der Waals surface area contributed by atoms with Gasteiger partial charge in [-0.15, -0.1) is 10.2 Å². The van der Waals surface area contributed by atoms with E-state index in [9.17, 15) is 0 Å². The fourth-order valence-electron chi connectivity index (χ4n) is 1.63. The van der Waals surface area contributed by atoms with Crippen molar-refractivity contribution in [3.63, 3.8) is 0 Å². The van der Waals surface area contributed by atoms with Gasteiger partial charge in [0.15, 0.2) is 5.82 Å². The van der Waals surface area contributed by atoms with E-state index in [-0.39, 0.29) is 6.04 Å². The van der Waals surface area contributed by atoms with Gasteiger partial charge in [0.05, 0.1) is 6.54 Å². The van der Waals surface area contributed by atoms with Gasteiger partial charge in [-0.05, 0) is 18.1 Å². The predicted molar refractivity (Wildman–Crippen MR) is 61.8 cm³/mol. The lowest BCUT2D eigenvalue weighted by molar-refractivity contribution is 0.677. The van der Waals surface area contributed by atoms with E-state index in [4.69, 9.17) is 5.73 Å². The van der Waals surface area contributed by atoms with Crippen LogP contribution in [-0.4, -0.2) is 19.3 Å². The van der Waals surface area contributed by atoms with Crippen LogP contribution in [0.4, 0.5) is 0 Å². The highest BCUT2D eigenvalue weighted by Crippen LogP contribution is 2.14. The molecule has 2 N–H and O–H groups in total. The van der Waals surface area contributed by atoms with Gasteiger partial charge in [0.2, 0.25) is 0 Å². The van der Waals surface area contributed by atoms with Gasteiger partial charge in [0.25, 0.3) is 0 Å². The van der Waals surface area contributed by atoms with Crippen molar-refractivity contribution in [1.82, 2.24) is 19.3 Å². The van der Waals surface area contributed by atoms with Gasteiger partial charge >= 0.3 is 0 Å². The normalized spacial score (nSPS) is 12.9. The Morgan fingerprint density at radius 2 is 2.31 bits per heavy atom. The highest BCUT2D eigenvalue weighted by atomic mass is 15.3. The Labute approximate surface area is 94.9 Å². The summed E-state index contributed by atoms with van der Waals surface area (Å²) >= 11 is 0. The molecule has 0 saturated heterocycles. The number of rotatable bonds is 4. The minimum Gasteiger partial charge on any atom is -0.346 e. The summed E-state index contributed by atoms with van der Waals surface area (Å²) in [5.74, 6) is 0.937. The number of nitrogens with zero attached hydrogens (tertiary/aromatic N) is 4. The molecule has 5 heteroatoms. The van der Waals surface area contributed by atoms with E-state index in [1.54, 1.807) is 6.33 Å². The number of aryl methyl sites for hydroxylation is 1. The quantitative estimate of drug-likeness (QED) is 0.836. The van der Waals surface area contributed by atoms with E-state index in [0.717, 1.165) is 18.8 Å². The molecule has 2 aromatic heterocycles. The van der Waals surface area contributed by atoms with Crippen molar-refractivity contribution in [1.29, 1.82) is 0 Å². The molecule has 0 amide bonds. The molecule has 0 aliphatic heterocycles. The molecular formula is C11H17N5. The highest BCUT2D eigenvalue weighted by molar-refractivity contribution is 5.15. The van der Waals surface area contributed by atoms with Crippen LogP contribution >= 0.6 is 0 Å². The molecule has 2 rings (SSSR count). The van der Waals surface area contributed by atoms with Crippen LogP contribution in [0.1, 0.15) is 30.8 Å². The third kappa shape index (κ3) is 2.14. The van der Waals surface area contributed by atoms with E-state index in [1.165, 1.54) is 5.56 Å². The fourth-order valence-corrected chi connectivity index (χ4v) is 1.63. The molecule has 1 unspecified atom stereocenters. The first kappa shape index (κ1) is 10.9. The van der Waals surface area contributed by atoms with Crippen LogP contribution in [-0.2, 0) is 13.6 Å². The number of hydrogen-bond donors (Lipinski definition) is 1. The first-order valence-corrected chi connectivity index (χ1v) is 5.45. The molecule has 1 atom stereocenters. The third-order valence-corrected chi connectivity index (χ3v) is 2.77. The summed E-state index contributed by atoms with van der Waals surface area (Å²) in [6.45, 7) is 2.82. The zero-order valence-corrected chi connectivity index (χ0v) is 9.67. The standard InChI is InChI=1S/C11H17N5/c1-3-10(12)9-4-5-16(6-9)7-11-14-13-8-15(11)2/h4-6,8,10H,3,7,12H2,1-2H3. The Kier molecular flexibility index (Phi) is 3.05. The summed E-state index contributed by atoms with van der Waals surface area (Å²) < 4.78 is 3.99. The van der Waals surface area contributed by atoms with Crippen molar-refractivity contribution in [2.24, 2.45) is 12.8 Å². The first-order chi connectivity index (χ1) is 7.70. The largest absolute Gasteiger partial charge is 0.346 e. The summed E-state index contributed by atoms with van der Waals surface area (Å²) in [6, 6.07) is 2.19. The maximum atomic E-state index is 5.96. The molecule has 16 heavy (non-hydrogen) atoms. The lowest BCUT2D eigenvalue weighted by Gasteiger charge is -2.05. The van der Waals surface area contributed by atoms with Gasteiger partial charge in [-0.25, -0.2) is 0 Å². The molecule has 86 valence electrons. The van der Waals surface area contributed by atoms with E-state index in [0.29, 0.717) is 0 Å². The van der Waals surface area contributed by atoms with E-state index < -0.39 is 0 Å². The van der Waals surface area contributed by atoms with Crippen LogP contribution in [0.15, 0.2) is 24.8 Å². The van der Waals surface area contributed by atoms with Crippen molar-refractivity contribution in [3.05, 3.63) is 36.2 Å². The molecule has 2 aromatic rings. The highest BCUT2D eigenvalue weighted by Gasteiger charge is 2.06. The molecule has 0 aliphatic rings. The first-order valence-electron chi connectivity index (χ1n) is 5.45. The lowest BCUT2D eigenvalue weighted by Crippen LogP contribution is -2.08. The summed E-state index contributed by atoms with van der Waals surface area (Å²) in [7, 11) is 1.94. The number of nitrogens with two attached hydrogens (primary N) is 1. The Morgan fingerprint density at radius 3 is 2.94 bits per heavy atom. The maximum Gasteiger partial charge on any atom is 0.152 e. The molecule has 0 radical (unpaired) electrons. The van der Waals surface area contributed by atoms with Gasteiger partial charge < -0.3 is 14.9 Å². The Hall–Kier alpha value is -1.62. The van der Waals surface area contributed by atoms with Crippen molar-refractivity contribution in [3.8, 4) is 0 Å². The van der Waals surface area contributed by atoms with Crippen molar-refractivity contribution in [2.45, 2.75) is 25.9 Å². The van der Waals surface area contributed by atoms with E-state index in [1.807, 2.05) is 17.8 Å². The molecule has 0 fully saturated rings. The molecule has 0 saturated carbocycles. The Morgan fingerprint density at radius 1 is 1.50 bits per heavy atom. The molecule has 5 nitrogen and oxygen atoms in total. The summed E-state index contributed by atoms with van der Waals surface area (Å²) in [4.78, 5) is 0. The SMILES string of the molecule is CCC(N)c1ccn(Cc2nncn2C)c1. The molecule has 0 aromatic carbocycles. The van der Waals surface area contributed by atoms with Crippen LogP contribution in [0.5, 0.6) is 0 Å². The molecular weight excluding hydrogens is 202 g/mol. The van der Waals surface area contributed by atoms with Gasteiger partial charge in [0, 0.05) is 25.5 Å². The van der Waals surface area contributed by atoms with Crippen LogP contribution in [0.3, 0.4) is 0 Å². The minimum absolute atomic E-state index is 0.126. The smallest absolute Gasteiger partial charge is 0.152 e. The van der Waals surface area contributed by atoms with Gasteiger partial charge in [-0.2, -0.15) is 0 Å². The summed E-state index contributed by atoms with van der Waals surface area (Å²) in [5, 5.41) is 7.90. The van der Waals surface area contributed by atoms with Crippen LogP contribution in [0, 0.1) is 0 Å². The summed E-state index contributed by atoms with van der Waals surface area (Å²) in [6.07, 6.45) is 6.76. The Bertz CT molecular complexity index is 456. The fraction of sp³-hybridized carbons (Fsp3) is 0.455. The van der Waals surface area contributed by atoms with Crippen LogP contribution in [0.2, 0.25) is 0 Å². The number of aromatic nitrogens is 4. The molecule has 0 aliphatic carbocycles. The summed E-state index contributed by atoms with van der Waals surface area (Å²) in [5.41, 5.74) is 7.14. The van der Waals surface area contributed by atoms with Gasteiger partial charge in [0.1, 0.15) is 6.33 Å². The second-order valence-electron chi connectivity index (χ2n) is 3.99. The van der Waals surface area contributed by atoms with Crippen molar-refractivity contribution < 1.29 is 0 Å². The van der Waals surface area contributed by atoms with E-state index >= 15 is 0 Å². The van der Waals surface area contributed by atoms with Crippen LogP contribution < -0.4 is 5.73 Å². The van der Waals surface area contributed by atoms with Gasteiger partial charge in [-0.1, -0.05) is 6.92 Å². The zero-order valence-electron chi connectivity index (χ0n) is 9.67. The average molecular weight is 219 g/mol. The van der Waals surface area contributed by atoms with Gasteiger partial charge in [-0.3, -0.25) is 0 Å². The zero-order chi connectivity index (χ0) is 11.5. The van der Waals surface area contributed by atoms with Crippen molar-refractivity contribution in [2.75, 3.05) is 0 Å². The molecule has 0 spiro atoms. The third-order valence-electron chi connectivity index (χ3n) is 2.77. The van der Waals surface area contributed by atoms with Crippen molar-refractivity contribution >= 4 is 0 Å². The van der Waals surface area contributed by atoms with Crippen LogP contribution in [0.25, 0.3) is 0 Å². The predicted octanol–water partition coefficient (Wildman–Crippen LogP) is 1.07. The second kappa shape index (κ2) is 4.49. The lowest BCUT2D eigenvalue weighted by atomic mass is 10.1. The number of hydrogen-bond acceptors (Lipinski definition) is 3. The molecule has 0 bridgehead atoms. The minimum atomic E-state index is 0.126. The second-order valence-corrected chi connectivity index (χ2v) is 3.99. The molecule has 2 heterocycles. The Balaban J connectivity index is 2.11. The topological polar surface area (TPSA) is 61.7 Å². The monoisotopic (exact) mass is 219 g/mol. The maximum absolute atomic E-state index is 5.96.